The first-order valence-corrected chi connectivity index (χ1v) is 14.9. The molecule has 2 aromatic rings. The Morgan fingerprint density at radius 2 is 1.62 bits per heavy atom. The Morgan fingerprint density at radius 1 is 1.03 bits per heavy atom. The van der Waals surface area contributed by atoms with Crippen molar-refractivity contribution in [2.75, 3.05) is 43.8 Å². The Bertz CT molecular complexity index is 1060. The van der Waals surface area contributed by atoms with Crippen LogP contribution in [0.4, 0.5) is 10.5 Å². The quantitative estimate of drug-likeness (QED) is 0.360. The lowest BCUT2D eigenvalue weighted by atomic mass is 10.0. The number of likely N-dealkylation sites (tertiary alicyclic amines) is 1. The summed E-state index contributed by atoms with van der Waals surface area (Å²) < 4.78 is 31.0. The highest BCUT2D eigenvalue weighted by Gasteiger charge is 2.23. The predicted molar refractivity (Wildman–Crippen MR) is 146 cm³/mol. The zero-order valence-corrected chi connectivity index (χ0v) is 22.7. The highest BCUT2D eigenvalue weighted by molar-refractivity contribution is 7.92. The number of aliphatic hydroxyl groups excluding tert-OH is 1. The monoisotopic (exact) mass is 532 g/mol. The Morgan fingerprint density at radius 3 is 2.19 bits per heavy atom. The number of ether oxygens (including phenoxy) is 1. The van der Waals surface area contributed by atoms with Crippen molar-refractivity contribution >= 4 is 21.7 Å². The maximum Gasteiger partial charge on any atom is 0.317 e. The van der Waals surface area contributed by atoms with E-state index in [0.29, 0.717) is 30.2 Å². The summed E-state index contributed by atoms with van der Waals surface area (Å²) in [5, 5.41) is 12.3. The van der Waals surface area contributed by atoms with Crippen LogP contribution < -0.4 is 14.8 Å². The van der Waals surface area contributed by atoms with Crippen molar-refractivity contribution in [3.05, 3.63) is 54.1 Å². The van der Waals surface area contributed by atoms with Gasteiger partial charge in [0.15, 0.2) is 0 Å². The van der Waals surface area contributed by atoms with Crippen LogP contribution in [0.3, 0.4) is 0 Å². The normalized spacial score (nSPS) is 14.8. The molecule has 3 N–H and O–H groups in total. The minimum Gasteiger partial charge on any atom is -0.457 e. The van der Waals surface area contributed by atoms with E-state index in [-0.39, 0.29) is 18.7 Å². The maximum atomic E-state index is 12.7. The van der Waals surface area contributed by atoms with E-state index in [9.17, 15) is 13.2 Å². The van der Waals surface area contributed by atoms with Crippen LogP contribution in [0.2, 0.25) is 0 Å². The zero-order chi connectivity index (χ0) is 26.7. The van der Waals surface area contributed by atoms with Crippen LogP contribution in [0.15, 0.2) is 48.5 Å². The minimum atomic E-state index is -3.31. The van der Waals surface area contributed by atoms with Gasteiger partial charge in [-0.2, -0.15) is 0 Å². The number of carbonyl (C=O) groups is 1. The van der Waals surface area contributed by atoms with Crippen LogP contribution in [0.1, 0.15) is 44.6 Å². The Balaban J connectivity index is 1.43. The third-order valence-electron chi connectivity index (χ3n) is 6.29. The van der Waals surface area contributed by atoms with Gasteiger partial charge in [-0.1, -0.05) is 25.5 Å². The highest BCUT2D eigenvalue weighted by atomic mass is 32.2. The number of rotatable bonds is 13. The van der Waals surface area contributed by atoms with E-state index < -0.39 is 10.0 Å². The van der Waals surface area contributed by atoms with Crippen molar-refractivity contribution in [2.24, 2.45) is 0 Å². The van der Waals surface area contributed by atoms with E-state index in [1.54, 1.807) is 24.3 Å². The number of hydrogen-bond acceptors (Lipinski definition) is 6. The molecule has 0 spiro atoms. The van der Waals surface area contributed by atoms with Crippen molar-refractivity contribution in [3.8, 4) is 11.5 Å². The van der Waals surface area contributed by atoms with Gasteiger partial charge in [-0.15, -0.1) is 0 Å². The second-order valence-corrected chi connectivity index (χ2v) is 11.3. The summed E-state index contributed by atoms with van der Waals surface area (Å²) in [5.41, 5.74) is 1.68. The Kier molecular flexibility index (Phi) is 11.0. The van der Waals surface area contributed by atoms with Gasteiger partial charge in [-0.3, -0.25) is 9.62 Å². The van der Waals surface area contributed by atoms with Crippen molar-refractivity contribution in [3.63, 3.8) is 0 Å². The fraction of sp³-hybridized carbons (Fsp3) is 0.519. The molecule has 0 saturated carbocycles. The van der Waals surface area contributed by atoms with Gasteiger partial charge < -0.3 is 20.1 Å². The van der Waals surface area contributed by atoms with Crippen molar-refractivity contribution < 1.29 is 23.1 Å². The second kappa shape index (κ2) is 14.2. The molecule has 0 radical (unpaired) electrons. The van der Waals surface area contributed by atoms with Gasteiger partial charge in [0.2, 0.25) is 10.0 Å². The largest absolute Gasteiger partial charge is 0.457 e. The molecule has 9 nitrogen and oxygen atoms in total. The van der Waals surface area contributed by atoms with Crippen LogP contribution >= 0.6 is 0 Å². The molecule has 3 rings (SSSR count). The third-order valence-corrected chi connectivity index (χ3v) is 6.90. The molecule has 0 aromatic heterocycles. The summed E-state index contributed by atoms with van der Waals surface area (Å²) in [4.78, 5) is 16.9. The molecule has 1 fully saturated rings. The van der Waals surface area contributed by atoms with Gasteiger partial charge in [0, 0.05) is 51.1 Å². The molecule has 0 aliphatic carbocycles. The zero-order valence-electron chi connectivity index (χ0n) is 21.9. The summed E-state index contributed by atoms with van der Waals surface area (Å²) in [6.07, 6.45) is 5.55. The first-order chi connectivity index (χ1) is 17.8. The Labute approximate surface area is 220 Å². The molecule has 2 amide bonds. The number of hydrogen-bond donors (Lipinski definition) is 3. The number of amides is 2. The lowest BCUT2D eigenvalue weighted by molar-refractivity contribution is 0.164. The smallest absolute Gasteiger partial charge is 0.317 e. The fourth-order valence-corrected chi connectivity index (χ4v) is 4.85. The van der Waals surface area contributed by atoms with Gasteiger partial charge in [0.1, 0.15) is 11.5 Å². The SMILES string of the molecule is CCCCN(CCCO)C(=O)NC1CCN(Cc2ccc(Oc3ccc(NS(C)(=O)=O)cc3)cc2)CC1. The number of unbranched alkanes of at least 4 members (excludes halogenated alkanes) is 1. The van der Waals surface area contributed by atoms with Crippen molar-refractivity contribution in [2.45, 2.75) is 51.6 Å². The summed E-state index contributed by atoms with van der Waals surface area (Å²) in [5.74, 6) is 1.34. The van der Waals surface area contributed by atoms with Gasteiger partial charge in [0.25, 0.3) is 0 Å². The number of nitrogens with zero attached hydrogens (tertiary/aromatic N) is 2. The number of urea groups is 1. The molecule has 37 heavy (non-hydrogen) atoms. The number of piperidine rings is 1. The average molecular weight is 533 g/mol. The molecule has 2 aromatic carbocycles. The van der Waals surface area contributed by atoms with Gasteiger partial charge in [-0.25, -0.2) is 13.2 Å². The molecular weight excluding hydrogens is 492 g/mol. The van der Waals surface area contributed by atoms with Crippen LogP contribution in [-0.4, -0.2) is 74.4 Å². The number of benzene rings is 2. The molecule has 204 valence electrons. The molecule has 0 atom stereocenters. The average Bonchev–Trinajstić information content (AvgIpc) is 2.87. The van der Waals surface area contributed by atoms with Crippen LogP contribution in [0.25, 0.3) is 0 Å². The van der Waals surface area contributed by atoms with Crippen molar-refractivity contribution in [1.29, 1.82) is 0 Å². The van der Waals surface area contributed by atoms with Crippen molar-refractivity contribution in [1.82, 2.24) is 15.1 Å². The molecule has 1 aliphatic rings. The van der Waals surface area contributed by atoms with Gasteiger partial charge in [-0.05, 0) is 67.6 Å². The van der Waals surface area contributed by atoms with Crippen LogP contribution in [-0.2, 0) is 16.6 Å². The lowest BCUT2D eigenvalue weighted by Crippen LogP contribution is -2.49. The van der Waals surface area contributed by atoms with E-state index in [1.165, 1.54) is 5.56 Å². The predicted octanol–water partition coefficient (Wildman–Crippen LogP) is 4.01. The number of anilines is 1. The summed E-state index contributed by atoms with van der Waals surface area (Å²) in [7, 11) is -3.31. The fourth-order valence-electron chi connectivity index (χ4n) is 4.29. The number of nitrogens with one attached hydrogen (secondary N) is 2. The summed E-state index contributed by atoms with van der Waals surface area (Å²) >= 11 is 0. The lowest BCUT2D eigenvalue weighted by Gasteiger charge is -2.34. The second-order valence-electron chi connectivity index (χ2n) is 9.56. The molecule has 10 heteroatoms. The molecule has 1 heterocycles. The van der Waals surface area contributed by atoms with E-state index >= 15 is 0 Å². The van der Waals surface area contributed by atoms with E-state index in [4.69, 9.17) is 9.84 Å². The first kappa shape index (κ1) is 28.7. The molecule has 0 bridgehead atoms. The summed E-state index contributed by atoms with van der Waals surface area (Å²) in [6.45, 7) is 6.20. The molecule has 1 aliphatic heterocycles. The van der Waals surface area contributed by atoms with E-state index in [2.05, 4.69) is 34.0 Å². The number of carbonyl (C=O) groups excluding carboxylic acids is 1. The Hall–Kier alpha value is -2.82. The third kappa shape index (κ3) is 10.2. The van der Waals surface area contributed by atoms with E-state index in [1.807, 2.05) is 17.0 Å². The number of aliphatic hydroxyl groups is 1. The molecular formula is C27H40N4O5S. The van der Waals surface area contributed by atoms with Crippen LogP contribution in [0.5, 0.6) is 11.5 Å². The van der Waals surface area contributed by atoms with E-state index in [0.717, 1.165) is 58.1 Å². The number of sulfonamides is 1. The highest BCUT2D eigenvalue weighted by Crippen LogP contribution is 2.24. The topological polar surface area (TPSA) is 111 Å². The maximum absolute atomic E-state index is 12.7. The van der Waals surface area contributed by atoms with Crippen LogP contribution in [0, 0.1) is 0 Å². The van der Waals surface area contributed by atoms with Gasteiger partial charge >= 0.3 is 6.03 Å². The minimum absolute atomic E-state index is 0.0164. The standard InChI is InChI=1S/C27H40N4O5S/c1-3-4-16-31(17-5-20-32)27(33)28-23-14-18-30(19-15-23)21-22-6-10-25(11-7-22)36-26-12-8-24(9-13-26)29-37(2,34)35/h6-13,23,29,32H,3-5,14-21H2,1-2H3,(H,28,33). The molecule has 1 saturated heterocycles. The molecule has 0 unspecified atom stereocenters. The van der Waals surface area contributed by atoms with Gasteiger partial charge in [0.05, 0.1) is 6.26 Å². The summed E-state index contributed by atoms with van der Waals surface area (Å²) in [6, 6.07) is 14.9. The first-order valence-electron chi connectivity index (χ1n) is 13.0.